The van der Waals surface area contributed by atoms with E-state index in [0.29, 0.717) is 23.6 Å². The van der Waals surface area contributed by atoms with Gasteiger partial charge in [0.25, 0.3) is 0 Å². The molecule has 3 aromatic carbocycles. The van der Waals surface area contributed by atoms with E-state index in [2.05, 4.69) is 17.1 Å². The summed E-state index contributed by atoms with van der Waals surface area (Å²) in [5, 5.41) is 20.8. The van der Waals surface area contributed by atoms with Crippen LogP contribution in [0.2, 0.25) is 0 Å². The van der Waals surface area contributed by atoms with Crippen molar-refractivity contribution in [1.29, 1.82) is 5.41 Å². The number of ether oxygens (including phenoxy) is 2. The van der Waals surface area contributed by atoms with Crippen LogP contribution in [0.1, 0.15) is 56.5 Å². The Labute approximate surface area is 242 Å². The van der Waals surface area contributed by atoms with Gasteiger partial charge in [-0.1, -0.05) is 69.7 Å². The SMILES string of the molecule is CCCCOc1cc(C(=O)OC(C)N(CC)CC)ccc1N.N=C(N)N[C@H](Cc1ccc2ccccc2c1)C(=O)O. The number of hydrogen-bond donors (Lipinski definition) is 5. The number of anilines is 1. The van der Waals surface area contributed by atoms with Crippen LogP contribution < -0.4 is 21.5 Å². The van der Waals surface area contributed by atoms with E-state index in [1.165, 1.54) is 0 Å². The molecule has 10 nitrogen and oxygen atoms in total. The second-order valence-corrected chi connectivity index (χ2v) is 9.51. The highest BCUT2D eigenvalue weighted by Gasteiger charge is 2.19. The average molecular weight is 566 g/mol. The van der Waals surface area contributed by atoms with E-state index in [9.17, 15) is 9.59 Å². The van der Waals surface area contributed by atoms with E-state index in [-0.39, 0.29) is 24.6 Å². The van der Waals surface area contributed by atoms with Gasteiger partial charge in [0.15, 0.2) is 12.2 Å². The van der Waals surface area contributed by atoms with E-state index in [1.54, 1.807) is 18.2 Å². The number of rotatable bonds is 13. The second-order valence-electron chi connectivity index (χ2n) is 9.51. The number of esters is 1. The summed E-state index contributed by atoms with van der Waals surface area (Å²) in [4.78, 5) is 25.4. The van der Waals surface area contributed by atoms with E-state index in [4.69, 9.17) is 31.5 Å². The van der Waals surface area contributed by atoms with Crippen molar-refractivity contribution in [2.75, 3.05) is 25.4 Å². The van der Waals surface area contributed by atoms with Crippen molar-refractivity contribution >= 4 is 34.4 Å². The average Bonchev–Trinajstić information content (AvgIpc) is 2.94. The maximum absolute atomic E-state index is 12.2. The zero-order valence-electron chi connectivity index (χ0n) is 24.4. The summed E-state index contributed by atoms with van der Waals surface area (Å²) in [5.74, 6) is -1.19. The molecule has 0 amide bonds. The third-order valence-electron chi connectivity index (χ3n) is 6.49. The minimum Gasteiger partial charge on any atom is -0.491 e. The first-order valence-electron chi connectivity index (χ1n) is 13.9. The number of nitrogens with zero attached hydrogens (tertiary/aromatic N) is 1. The molecule has 0 aliphatic rings. The van der Waals surface area contributed by atoms with Crippen LogP contribution in [0.5, 0.6) is 5.75 Å². The maximum Gasteiger partial charge on any atom is 0.339 e. The lowest BCUT2D eigenvalue weighted by Crippen LogP contribution is -2.45. The van der Waals surface area contributed by atoms with E-state index in [1.807, 2.05) is 63.2 Å². The van der Waals surface area contributed by atoms with Gasteiger partial charge in [0.05, 0.1) is 17.9 Å². The number of carboxylic acid groups (broad SMARTS) is 1. The first-order valence-corrected chi connectivity index (χ1v) is 13.9. The summed E-state index contributed by atoms with van der Waals surface area (Å²) in [6.45, 7) is 10.3. The van der Waals surface area contributed by atoms with Crippen LogP contribution >= 0.6 is 0 Å². The molecule has 0 heterocycles. The van der Waals surface area contributed by atoms with Crippen molar-refractivity contribution in [3.63, 3.8) is 0 Å². The summed E-state index contributed by atoms with van der Waals surface area (Å²) < 4.78 is 11.1. The maximum atomic E-state index is 12.2. The molecule has 7 N–H and O–H groups in total. The Balaban J connectivity index is 0.000000289. The molecule has 3 rings (SSSR count). The summed E-state index contributed by atoms with van der Waals surface area (Å²) in [6, 6.07) is 17.8. The molecular formula is C31H43N5O5. The van der Waals surface area contributed by atoms with Crippen LogP contribution in [0.15, 0.2) is 60.7 Å². The molecule has 1 unspecified atom stereocenters. The zero-order valence-corrected chi connectivity index (χ0v) is 24.4. The quantitative estimate of drug-likeness (QED) is 0.0497. The number of nitrogens with two attached hydrogens (primary N) is 2. The van der Waals surface area contributed by atoms with Gasteiger partial charge in [-0.2, -0.15) is 0 Å². The molecule has 0 fully saturated rings. The van der Waals surface area contributed by atoms with Gasteiger partial charge in [-0.3, -0.25) is 10.3 Å². The molecule has 0 bridgehead atoms. The summed E-state index contributed by atoms with van der Waals surface area (Å²) >= 11 is 0. The lowest BCUT2D eigenvalue weighted by molar-refractivity contribution is -0.139. The molecule has 0 radical (unpaired) electrons. The van der Waals surface area contributed by atoms with Gasteiger partial charge in [-0.25, -0.2) is 9.59 Å². The Hall–Kier alpha value is -4.31. The summed E-state index contributed by atoms with van der Waals surface area (Å²) in [6.07, 6.45) is 2.01. The highest BCUT2D eigenvalue weighted by Crippen LogP contribution is 2.24. The lowest BCUT2D eigenvalue weighted by Gasteiger charge is -2.25. The molecular weight excluding hydrogens is 522 g/mol. The number of fused-ring (bicyclic) bond motifs is 1. The molecule has 0 spiro atoms. The molecule has 3 aromatic rings. The van der Waals surface area contributed by atoms with Crippen molar-refractivity contribution in [2.24, 2.45) is 5.73 Å². The Morgan fingerprint density at radius 1 is 1.02 bits per heavy atom. The largest absolute Gasteiger partial charge is 0.491 e. The highest BCUT2D eigenvalue weighted by atomic mass is 16.6. The van der Waals surface area contributed by atoms with Gasteiger partial charge in [0, 0.05) is 6.42 Å². The fraction of sp³-hybridized carbons (Fsp3) is 0.387. The summed E-state index contributed by atoms with van der Waals surface area (Å²) in [7, 11) is 0. The number of hydrogen-bond acceptors (Lipinski definition) is 7. The zero-order chi connectivity index (χ0) is 30.4. The van der Waals surface area contributed by atoms with Gasteiger partial charge in [0.1, 0.15) is 11.8 Å². The normalized spacial score (nSPS) is 12.1. The van der Waals surface area contributed by atoms with Crippen molar-refractivity contribution in [3.05, 3.63) is 71.8 Å². The highest BCUT2D eigenvalue weighted by molar-refractivity contribution is 5.91. The van der Waals surface area contributed by atoms with Gasteiger partial charge in [-0.15, -0.1) is 0 Å². The van der Waals surface area contributed by atoms with E-state index in [0.717, 1.165) is 42.3 Å². The number of benzene rings is 3. The standard InChI is InChI=1S/C17H28N2O3.C14H15N3O2/c1-5-8-11-21-16-12-14(9-10-15(16)18)17(20)22-13(4)19(6-2)7-3;15-14(16)17-12(13(18)19)8-9-5-6-10-3-1-2-4-11(10)7-9/h9-10,12-13H,5-8,11,18H2,1-4H3;1-7,12H,8H2,(H,18,19)(H4,15,16,17)/t;12-/m.1/s1. The lowest BCUT2D eigenvalue weighted by atomic mass is 10.0. The Kier molecular flexibility index (Phi) is 13.4. The number of aliphatic carboxylic acids is 1. The molecule has 41 heavy (non-hydrogen) atoms. The first-order chi connectivity index (χ1) is 19.6. The number of unbranched alkanes of at least 4 members (excludes halogenated alkanes) is 1. The smallest absolute Gasteiger partial charge is 0.339 e. The van der Waals surface area contributed by atoms with Crippen LogP contribution in [0.3, 0.4) is 0 Å². The molecule has 0 aromatic heterocycles. The number of carboxylic acids is 1. The van der Waals surface area contributed by atoms with Crippen LogP contribution in [-0.4, -0.2) is 59.9 Å². The number of nitrogens with one attached hydrogen (secondary N) is 2. The van der Waals surface area contributed by atoms with Gasteiger partial charge >= 0.3 is 11.9 Å². The first kappa shape index (κ1) is 32.9. The van der Waals surface area contributed by atoms with Crippen LogP contribution in [0.4, 0.5) is 5.69 Å². The fourth-order valence-electron chi connectivity index (χ4n) is 4.14. The van der Waals surface area contributed by atoms with Gasteiger partial charge in [-0.05, 0) is 61.0 Å². The number of nitrogen functional groups attached to an aromatic ring is 1. The molecule has 0 aliphatic carbocycles. The van der Waals surface area contributed by atoms with Crippen molar-refractivity contribution in [2.45, 2.75) is 59.2 Å². The minimum absolute atomic E-state index is 0.260. The minimum atomic E-state index is -1.02. The van der Waals surface area contributed by atoms with Gasteiger partial charge < -0.3 is 31.4 Å². The molecule has 0 aliphatic heterocycles. The van der Waals surface area contributed by atoms with Crippen LogP contribution in [0, 0.1) is 5.41 Å². The van der Waals surface area contributed by atoms with Gasteiger partial charge in [0.2, 0.25) is 0 Å². The topological polar surface area (TPSA) is 164 Å². The Morgan fingerprint density at radius 3 is 2.32 bits per heavy atom. The monoisotopic (exact) mass is 565 g/mol. The third kappa shape index (κ3) is 10.6. The molecule has 2 atom stereocenters. The third-order valence-corrected chi connectivity index (χ3v) is 6.49. The van der Waals surface area contributed by atoms with E-state index >= 15 is 0 Å². The fourth-order valence-corrected chi connectivity index (χ4v) is 4.14. The Morgan fingerprint density at radius 2 is 1.71 bits per heavy atom. The van der Waals surface area contributed by atoms with Crippen molar-refractivity contribution < 1.29 is 24.2 Å². The van der Waals surface area contributed by atoms with E-state index < -0.39 is 12.0 Å². The predicted octanol–water partition coefficient (Wildman–Crippen LogP) is 4.61. The summed E-state index contributed by atoms with van der Waals surface area (Å²) in [5.41, 5.74) is 12.9. The molecule has 0 saturated carbocycles. The molecule has 0 saturated heterocycles. The predicted molar refractivity (Wildman–Crippen MR) is 163 cm³/mol. The van der Waals surface area contributed by atoms with Crippen LogP contribution in [-0.2, 0) is 16.0 Å². The van der Waals surface area contributed by atoms with Crippen molar-refractivity contribution in [3.8, 4) is 5.75 Å². The number of guanidine groups is 1. The van der Waals surface area contributed by atoms with Crippen molar-refractivity contribution in [1.82, 2.24) is 10.2 Å². The Bertz CT molecular complexity index is 1290. The molecule has 222 valence electrons. The number of carbonyl (C=O) groups excluding carboxylic acids is 1. The second kappa shape index (κ2) is 16.7. The number of carbonyl (C=O) groups is 2. The van der Waals surface area contributed by atoms with Crippen LogP contribution in [0.25, 0.3) is 10.8 Å². The molecule has 10 heteroatoms.